The number of benzene rings is 1. The lowest BCUT2D eigenvalue weighted by Crippen LogP contribution is -1.98. The molecule has 0 saturated carbocycles. The van der Waals surface area contributed by atoms with Gasteiger partial charge in [-0.05, 0) is 11.6 Å². The van der Waals surface area contributed by atoms with E-state index in [2.05, 4.69) is 0 Å². The summed E-state index contributed by atoms with van der Waals surface area (Å²) in [5, 5.41) is 8.67. The van der Waals surface area contributed by atoms with Crippen molar-refractivity contribution >= 4 is 12.2 Å². The van der Waals surface area contributed by atoms with Gasteiger partial charge in [0.2, 0.25) is 5.76 Å². The largest absolute Gasteiger partial charge is 0.446 e. The van der Waals surface area contributed by atoms with Crippen LogP contribution in [0.5, 0.6) is 0 Å². The first-order chi connectivity index (χ1) is 8.28. The first-order valence-corrected chi connectivity index (χ1v) is 5.06. The van der Waals surface area contributed by atoms with Gasteiger partial charge in [0.15, 0.2) is 5.43 Å². The van der Waals surface area contributed by atoms with Crippen molar-refractivity contribution in [2.24, 2.45) is 0 Å². The van der Waals surface area contributed by atoms with Gasteiger partial charge in [-0.2, -0.15) is 5.26 Å². The molecule has 2 rings (SSSR count). The van der Waals surface area contributed by atoms with Crippen LogP contribution >= 0.6 is 0 Å². The Labute approximate surface area is 98.3 Å². The third-order valence-electron chi connectivity index (χ3n) is 2.14. The molecule has 82 valence electrons. The van der Waals surface area contributed by atoms with Gasteiger partial charge in [-0.25, -0.2) is 0 Å². The van der Waals surface area contributed by atoms with Gasteiger partial charge in [0.05, 0.1) is 0 Å². The maximum atomic E-state index is 11.2. The molecule has 1 aromatic carbocycles. The minimum Gasteiger partial charge on any atom is -0.446 e. The van der Waals surface area contributed by atoms with E-state index in [4.69, 9.17) is 9.68 Å². The lowest BCUT2D eigenvalue weighted by Gasteiger charge is -1.94. The van der Waals surface area contributed by atoms with Crippen LogP contribution in [0.2, 0.25) is 0 Å². The third-order valence-corrected chi connectivity index (χ3v) is 2.14. The lowest BCUT2D eigenvalue weighted by molar-refractivity contribution is 0.524. The molecule has 0 bridgehead atoms. The molecule has 0 N–H and O–H groups in total. The molecule has 1 aromatic heterocycles. The van der Waals surface area contributed by atoms with E-state index in [0.29, 0.717) is 5.76 Å². The third kappa shape index (κ3) is 2.93. The zero-order chi connectivity index (χ0) is 12.1. The predicted molar refractivity (Wildman–Crippen MR) is 65.1 cm³/mol. The summed E-state index contributed by atoms with van der Waals surface area (Å²) in [6.07, 6.45) is 3.48. The molecule has 0 aliphatic carbocycles. The summed E-state index contributed by atoms with van der Waals surface area (Å²) in [6.45, 7) is 0. The zero-order valence-electron chi connectivity index (χ0n) is 8.96. The Balaban J connectivity index is 2.31. The van der Waals surface area contributed by atoms with Crippen molar-refractivity contribution in [2.75, 3.05) is 0 Å². The van der Waals surface area contributed by atoms with Gasteiger partial charge in [0.1, 0.15) is 11.8 Å². The van der Waals surface area contributed by atoms with E-state index in [1.54, 1.807) is 12.1 Å². The van der Waals surface area contributed by atoms with Crippen LogP contribution in [-0.4, -0.2) is 0 Å². The average molecular weight is 223 g/mol. The number of rotatable bonds is 2. The molecule has 2 aromatic rings. The van der Waals surface area contributed by atoms with Crippen molar-refractivity contribution in [2.45, 2.75) is 0 Å². The molecule has 0 aliphatic rings. The van der Waals surface area contributed by atoms with Crippen molar-refractivity contribution in [1.29, 1.82) is 5.26 Å². The smallest absolute Gasteiger partial charge is 0.207 e. The van der Waals surface area contributed by atoms with Crippen molar-refractivity contribution < 1.29 is 4.42 Å². The zero-order valence-corrected chi connectivity index (χ0v) is 8.96. The molecular formula is C14H9NO2. The van der Waals surface area contributed by atoms with Gasteiger partial charge in [-0.1, -0.05) is 36.4 Å². The maximum absolute atomic E-state index is 11.2. The summed E-state index contributed by atoms with van der Waals surface area (Å²) in [5.74, 6) is 0.392. The van der Waals surface area contributed by atoms with Crippen molar-refractivity contribution in [3.8, 4) is 6.07 Å². The molecule has 3 heteroatoms. The Morgan fingerprint density at radius 1 is 1.12 bits per heavy atom. The van der Waals surface area contributed by atoms with Crippen LogP contribution in [0, 0.1) is 11.3 Å². The number of hydrogen-bond donors (Lipinski definition) is 0. The first kappa shape index (κ1) is 10.9. The molecule has 0 atom stereocenters. The Kier molecular flexibility index (Phi) is 3.18. The minimum absolute atomic E-state index is 0.0187. The SMILES string of the molecule is N#Cc1cc(=O)cc(/C=C/c2ccccc2)o1. The van der Waals surface area contributed by atoms with Crippen molar-refractivity contribution in [3.63, 3.8) is 0 Å². The van der Waals surface area contributed by atoms with E-state index in [1.807, 2.05) is 36.4 Å². The van der Waals surface area contributed by atoms with Crippen LogP contribution in [-0.2, 0) is 0 Å². The molecule has 0 aliphatic heterocycles. The highest BCUT2D eigenvalue weighted by molar-refractivity contribution is 5.67. The molecule has 1 heterocycles. The van der Waals surface area contributed by atoms with Crippen LogP contribution in [0.15, 0.2) is 51.7 Å². The van der Waals surface area contributed by atoms with Gasteiger partial charge in [0.25, 0.3) is 0 Å². The molecule has 3 nitrogen and oxygen atoms in total. The second kappa shape index (κ2) is 4.95. The van der Waals surface area contributed by atoms with Gasteiger partial charge in [0, 0.05) is 12.1 Å². The van der Waals surface area contributed by atoms with E-state index in [9.17, 15) is 4.79 Å². The summed E-state index contributed by atoms with van der Waals surface area (Å²) in [7, 11) is 0. The molecular weight excluding hydrogens is 214 g/mol. The van der Waals surface area contributed by atoms with E-state index in [-0.39, 0.29) is 11.2 Å². The van der Waals surface area contributed by atoms with E-state index in [0.717, 1.165) is 5.56 Å². The molecule has 0 spiro atoms. The molecule has 17 heavy (non-hydrogen) atoms. The van der Waals surface area contributed by atoms with E-state index in [1.165, 1.54) is 12.1 Å². The first-order valence-electron chi connectivity index (χ1n) is 5.06. The van der Waals surface area contributed by atoms with Gasteiger partial charge < -0.3 is 4.42 Å². The predicted octanol–water partition coefficient (Wildman–Crippen LogP) is 2.68. The number of nitrogens with zero attached hydrogens (tertiary/aromatic N) is 1. The average Bonchev–Trinajstić information content (AvgIpc) is 2.37. The molecule has 0 radical (unpaired) electrons. The summed E-state index contributed by atoms with van der Waals surface area (Å²) in [5.41, 5.74) is 0.762. The normalized spacial score (nSPS) is 10.3. The van der Waals surface area contributed by atoms with Crippen LogP contribution in [0.25, 0.3) is 12.2 Å². The van der Waals surface area contributed by atoms with Crippen LogP contribution < -0.4 is 5.43 Å². The van der Waals surface area contributed by atoms with E-state index >= 15 is 0 Å². The maximum Gasteiger partial charge on any atom is 0.207 e. The minimum atomic E-state index is -0.236. The Bertz CT molecular complexity index is 633. The molecule has 0 fully saturated rings. The van der Waals surface area contributed by atoms with Gasteiger partial charge >= 0.3 is 0 Å². The van der Waals surface area contributed by atoms with Gasteiger partial charge in [-0.15, -0.1) is 0 Å². The van der Waals surface area contributed by atoms with Crippen LogP contribution in [0.4, 0.5) is 0 Å². The Morgan fingerprint density at radius 2 is 1.88 bits per heavy atom. The van der Waals surface area contributed by atoms with Crippen LogP contribution in [0.3, 0.4) is 0 Å². The lowest BCUT2D eigenvalue weighted by atomic mass is 10.2. The second-order valence-electron chi connectivity index (χ2n) is 3.42. The highest BCUT2D eigenvalue weighted by Gasteiger charge is 1.97. The summed E-state index contributed by atoms with van der Waals surface area (Å²) in [4.78, 5) is 11.2. The Hall–Kier alpha value is -2.60. The fourth-order valence-corrected chi connectivity index (χ4v) is 1.38. The quantitative estimate of drug-likeness (QED) is 0.786. The fourth-order valence-electron chi connectivity index (χ4n) is 1.38. The monoisotopic (exact) mass is 223 g/mol. The summed E-state index contributed by atoms with van der Waals surface area (Å²) >= 11 is 0. The summed E-state index contributed by atoms with van der Waals surface area (Å²) < 4.78 is 5.18. The van der Waals surface area contributed by atoms with Crippen LogP contribution in [0.1, 0.15) is 17.1 Å². The second-order valence-corrected chi connectivity index (χ2v) is 3.42. The van der Waals surface area contributed by atoms with Gasteiger partial charge in [-0.3, -0.25) is 4.79 Å². The summed E-state index contributed by atoms with van der Waals surface area (Å²) in [6, 6.07) is 13.9. The Morgan fingerprint density at radius 3 is 2.59 bits per heavy atom. The fraction of sp³-hybridized carbons (Fsp3) is 0. The number of hydrogen-bond acceptors (Lipinski definition) is 3. The topological polar surface area (TPSA) is 54.0 Å². The van der Waals surface area contributed by atoms with E-state index < -0.39 is 0 Å². The molecule has 0 unspecified atom stereocenters. The highest BCUT2D eigenvalue weighted by Crippen LogP contribution is 2.07. The number of nitriles is 1. The molecule has 0 saturated heterocycles. The highest BCUT2D eigenvalue weighted by atomic mass is 16.3. The van der Waals surface area contributed by atoms with Crippen molar-refractivity contribution in [3.05, 3.63) is 69.8 Å². The standard InChI is InChI=1S/C14H9NO2/c15-10-14-9-12(16)8-13(17-14)7-6-11-4-2-1-3-5-11/h1-9H/b7-6+. The van der Waals surface area contributed by atoms with Crippen molar-refractivity contribution in [1.82, 2.24) is 0 Å². The molecule has 0 amide bonds.